The third-order valence-corrected chi connectivity index (χ3v) is 2.47. The van der Waals surface area contributed by atoms with E-state index in [1.807, 2.05) is 25.1 Å². The minimum Gasteiger partial charge on any atom is -0.461 e. The van der Waals surface area contributed by atoms with E-state index in [1.54, 1.807) is 13.0 Å². The van der Waals surface area contributed by atoms with Gasteiger partial charge in [0.15, 0.2) is 5.69 Å². The Morgan fingerprint density at radius 3 is 2.88 bits per heavy atom. The highest BCUT2D eigenvalue weighted by molar-refractivity contribution is 5.97. The molecule has 4 heteroatoms. The number of anilines is 1. The van der Waals surface area contributed by atoms with Crippen LogP contribution in [0.3, 0.4) is 0 Å². The standard InChI is InChI=1S/C13H14N2O2/c1-3-17-13(16)12-10(14)7-9-6-8(2)4-5-11(9)15-12/h4-7H,3,14H2,1-2H3. The molecule has 0 atom stereocenters. The van der Waals surface area contributed by atoms with E-state index in [2.05, 4.69) is 4.98 Å². The maximum absolute atomic E-state index is 11.6. The van der Waals surface area contributed by atoms with Crippen molar-refractivity contribution in [2.75, 3.05) is 12.3 Å². The van der Waals surface area contributed by atoms with Gasteiger partial charge in [0, 0.05) is 5.39 Å². The fourth-order valence-electron chi connectivity index (χ4n) is 1.68. The molecular weight excluding hydrogens is 216 g/mol. The molecule has 4 nitrogen and oxygen atoms in total. The summed E-state index contributed by atoms with van der Waals surface area (Å²) in [5, 5.41) is 0.926. The number of carbonyl (C=O) groups excluding carboxylic acids is 1. The van der Waals surface area contributed by atoms with Crippen molar-refractivity contribution >= 4 is 22.6 Å². The van der Waals surface area contributed by atoms with Gasteiger partial charge in [-0.2, -0.15) is 0 Å². The number of aryl methyl sites for hydroxylation is 1. The summed E-state index contributed by atoms with van der Waals surface area (Å²) in [4.78, 5) is 15.8. The quantitative estimate of drug-likeness (QED) is 0.804. The predicted molar refractivity (Wildman–Crippen MR) is 66.8 cm³/mol. The van der Waals surface area contributed by atoms with E-state index in [0.29, 0.717) is 12.3 Å². The second-order valence-corrected chi connectivity index (χ2v) is 3.84. The van der Waals surface area contributed by atoms with E-state index in [-0.39, 0.29) is 5.69 Å². The van der Waals surface area contributed by atoms with Crippen molar-refractivity contribution in [3.63, 3.8) is 0 Å². The number of esters is 1. The Hall–Kier alpha value is -2.10. The van der Waals surface area contributed by atoms with Gasteiger partial charge in [0.25, 0.3) is 0 Å². The van der Waals surface area contributed by atoms with Gasteiger partial charge in [0.1, 0.15) is 0 Å². The molecule has 1 aromatic carbocycles. The number of benzene rings is 1. The lowest BCUT2D eigenvalue weighted by atomic mass is 10.1. The van der Waals surface area contributed by atoms with Crippen molar-refractivity contribution in [2.24, 2.45) is 0 Å². The van der Waals surface area contributed by atoms with Crippen LogP contribution in [0.1, 0.15) is 23.0 Å². The first-order valence-corrected chi connectivity index (χ1v) is 5.46. The predicted octanol–water partition coefficient (Wildman–Crippen LogP) is 2.30. The van der Waals surface area contributed by atoms with E-state index in [1.165, 1.54) is 0 Å². The zero-order valence-electron chi connectivity index (χ0n) is 9.86. The molecule has 2 aromatic rings. The summed E-state index contributed by atoms with van der Waals surface area (Å²) in [6, 6.07) is 7.54. The van der Waals surface area contributed by atoms with Gasteiger partial charge in [-0.25, -0.2) is 9.78 Å². The summed E-state index contributed by atoms with van der Waals surface area (Å²) in [6.07, 6.45) is 0. The number of hydrogen-bond acceptors (Lipinski definition) is 4. The van der Waals surface area contributed by atoms with Gasteiger partial charge in [-0.1, -0.05) is 11.6 Å². The average molecular weight is 230 g/mol. The lowest BCUT2D eigenvalue weighted by Crippen LogP contribution is -2.10. The van der Waals surface area contributed by atoms with E-state index in [4.69, 9.17) is 10.5 Å². The largest absolute Gasteiger partial charge is 0.461 e. The molecule has 2 rings (SSSR count). The number of hydrogen-bond donors (Lipinski definition) is 1. The molecule has 1 heterocycles. The summed E-state index contributed by atoms with van der Waals surface area (Å²) in [5.41, 5.74) is 8.21. The smallest absolute Gasteiger partial charge is 0.359 e. The van der Waals surface area contributed by atoms with Crippen LogP contribution in [-0.4, -0.2) is 17.6 Å². The number of pyridine rings is 1. The van der Waals surface area contributed by atoms with Gasteiger partial charge in [-0.05, 0) is 32.0 Å². The van der Waals surface area contributed by atoms with E-state index in [9.17, 15) is 4.79 Å². The molecule has 0 unspecified atom stereocenters. The van der Waals surface area contributed by atoms with Crippen LogP contribution in [0.4, 0.5) is 5.69 Å². The molecule has 0 amide bonds. The van der Waals surface area contributed by atoms with Gasteiger partial charge >= 0.3 is 5.97 Å². The molecule has 0 saturated heterocycles. The number of fused-ring (bicyclic) bond motifs is 1. The number of nitrogens with zero attached hydrogens (tertiary/aromatic N) is 1. The first-order chi connectivity index (χ1) is 8.11. The zero-order valence-corrected chi connectivity index (χ0v) is 9.86. The zero-order chi connectivity index (χ0) is 12.4. The maximum Gasteiger partial charge on any atom is 0.359 e. The third-order valence-electron chi connectivity index (χ3n) is 2.47. The first kappa shape index (κ1) is 11.4. The van der Waals surface area contributed by atoms with Gasteiger partial charge in [0.05, 0.1) is 17.8 Å². The number of nitrogens with two attached hydrogens (primary N) is 1. The molecule has 1 aromatic heterocycles. The van der Waals surface area contributed by atoms with Crippen LogP contribution < -0.4 is 5.73 Å². The molecule has 2 N–H and O–H groups in total. The van der Waals surface area contributed by atoms with E-state index in [0.717, 1.165) is 16.5 Å². The van der Waals surface area contributed by atoms with Crippen LogP contribution in [0.2, 0.25) is 0 Å². The molecule has 0 spiro atoms. The SMILES string of the molecule is CCOC(=O)c1nc2ccc(C)cc2cc1N. The highest BCUT2D eigenvalue weighted by Gasteiger charge is 2.13. The molecule has 17 heavy (non-hydrogen) atoms. The fraction of sp³-hybridized carbons (Fsp3) is 0.231. The Morgan fingerprint density at radius 1 is 1.41 bits per heavy atom. The van der Waals surface area contributed by atoms with Crippen molar-refractivity contribution in [1.29, 1.82) is 0 Å². The first-order valence-electron chi connectivity index (χ1n) is 5.46. The molecule has 0 aliphatic carbocycles. The van der Waals surface area contributed by atoms with E-state index >= 15 is 0 Å². The highest BCUT2D eigenvalue weighted by Crippen LogP contribution is 2.20. The summed E-state index contributed by atoms with van der Waals surface area (Å²) in [7, 11) is 0. The topological polar surface area (TPSA) is 65.2 Å². The number of ether oxygens (including phenoxy) is 1. The monoisotopic (exact) mass is 230 g/mol. The maximum atomic E-state index is 11.6. The Morgan fingerprint density at radius 2 is 2.18 bits per heavy atom. The Kier molecular flexibility index (Phi) is 2.95. The van der Waals surface area contributed by atoms with Crippen molar-refractivity contribution in [3.05, 3.63) is 35.5 Å². The molecule has 0 radical (unpaired) electrons. The Balaban J connectivity index is 2.55. The average Bonchev–Trinajstić information content (AvgIpc) is 2.28. The lowest BCUT2D eigenvalue weighted by molar-refractivity contribution is 0.0521. The molecule has 0 aliphatic heterocycles. The van der Waals surface area contributed by atoms with Gasteiger partial charge in [-0.15, -0.1) is 0 Å². The van der Waals surface area contributed by atoms with Crippen LogP contribution in [0.25, 0.3) is 10.9 Å². The normalized spacial score (nSPS) is 10.5. The summed E-state index contributed by atoms with van der Waals surface area (Å²) < 4.78 is 4.90. The number of carbonyl (C=O) groups is 1. The summed E-state index contributed by atoms with van der Waals surface area (Å²) in [5.74, 6) is -0.479. The number of rotatable bonds is 2. The number of nitrogen functional groups attached to an aromatic ring is 1. The molecule has 88 valence electrons. The van der Waals surface area contributed by atoms with Crippen molar-refractivity contribution < 1.29 is 9.53 Å². The fourth-order valence-corrected chi connectivity index (χ4v) is 1.68. The van der Waals surface area contributed by atoms with Gasteiger partial charge in [-0.3, -0.25) is 0 Å². The molecular formula is C13H14N2O2. The molecule has 0 saturated carbocycles. The van der Waals surface area contributed by atoms with Crippen LogP contribution in [0.15, 0.2) is 24.3 Å². The van der Waals surface area contributed by atoms with Crippen LogP contribution in [-0.2, 0) is 4.74 Å². The highest BCUT2D eigenvalue weighted by atomic mass is 16.5. The second-order valence-electron chi connectivity index (χ2n) is 3.84. The second kappa shape index (κ2) is 4.41. The van der Waals surface area contributed by atoms with Gasteiger partial charge < -0.3 is 10.5 Å². The number of aromatic nitrogens is 1. The van der Waals surface area contributed by atoms with Gasteiger partial charge in [0.2, 0.25) is 0 Å². The summed E-state index contributed by atoms with van der Waals surface area (Å²) in [6.45, 7) is 4.05. The third kappa shape index (κ3) is 2.20. The minimum absolute atomic E-state index is 0.184. The van der Waals surface area contributed by atoms with Crippen LogP contribution in [0.5, 0.6) is 0 Å². The van der Waals surface area contributed by atoms with Crippen LogP contribution >= 0.6 is 0 Å². The Labute approximate surface area is 99.4 Å². The van der Waals surface area contributed by atoms with E-state index < -0.39 is 5.97 Å². The summed E-state index contributed by atoms with van der Waals surface area (Å²) >= 11 is 0. The lowest BCUT2D eigenvalue weighted by Gasteiger charge is -2.06. The van der Waals surface area contributed by atoms with Crippen LogP contribution in [0, 0.1) is 6.92 Å². The molecule has 0 bridgehead atoms. The van der Waals surface area contributed by atoms with Crippen molar-refractivity contribution in [2.45, 2.75) is 13.8 Å². The van der Waals surface area contributed by atoms with Crippen molar-refractivity contribution in [3.8, 4) is 0 Å². The Bertz CT molecular complexity index is 579. The van der Waals surface area contributed by atoms with Crippen molar-refractivity contribution in [1.82, 2.24) is 4.98 Å². The minimum atomic E-state index is -0.479. The molecule has 0 fully saturated rings. The molecule has 0 aliphatic rings.